The van der Waals surface area contributed by atoms with Gasteiger partial charge in [-0.05, 0) is 67.6 Å². The first kappa shape index (κ1) is 12.6. The van der Waals surface area contributed by atoms with Crippen LogP contribution in [0.2, 0.25) is 0 Å². The molecule has 0 amide bonds. The van der Waals surface area contributed by atoms with Crippen LogP contribution >= 0.6 is 0 Å². The minimum atomic E-state index is -0.0412. The van der Waals surface area contributed by atoms with Crippen molar-refractivity contribution in [3.63, 3.8) is 0 Å². The largest absolute Gasteiger partial charge is 0.299 e. The second-order valence-electron chi connectivity index (χ2n) is 7.27. The van der Waals surface area contributed by atoms with E-state index in [9.17, 15) is 9.59 Å². The smallest absolute Gasteiger partial charge is 0.156 e. The molecule has 2 heteroatoms. The Labute approximate surface area is 120 Å². The Bertz CT molecular complexity index is 566. The number of fused-ring (bicyclic) bond motifs is 4. The Morgan fingerprint density at radius 1 is 1.05 bits per heavy atom. The van der Waals surface area contributed by atoms with Crippen molar-refractivity contribution in [3.05, 3.63) is 22.8 Å². The third kappa shape index (κ3) is 1.57. The van der Waals surface area contributed by atoms with Crippen molar-refractivity contribution in [2.75, 3.05) is 0 Å². The Kier molecular flexibility index (Phi) is 2.61. The first-order valence-corrected chi connectivity index (χ1v) is 8.08. The topological polar surface area (TPSA) is 34.1 Å². The Balaban J connectivity index is 1.76. The van der Waals surface area contributed by atoms with E-state index in [1.165, 1.54) is 11.1 Å². The second kappa shape index (κ2) is 4.16. The van der Waals surface area contributed by atoms with Crippen LogP contribution in [0.4, 0.5) is 0 Å². The molecule has 2 fully saturated rings. The molecule has 2 saturated carbocycles. The van der Waals surface area contributed by atoms with E-state index in [1.807, 2.05) is 6.08 Å². The minimum Gasteiger partial charge on any atom is -0.299 e. The molecule has 4 aliphatic carbocycles. The number of allylic oxidation sites excluding steroid dienone is 4. The number of ketones is 2. The van der Waals surface area contributed by atoms with E-state index in [2.05, 4.69) is 6.92 Å². The van der Waals surface area contributed by atoms with Crippen molar-refractivity contribution in [1.29, 1.82) is 0 Å². The van der Waals surface area contributed by atoms with Crippen molar-refractivity contribution >= 4 is 11.6 Å². The molecule has 4 aliphatic rings. The number of carbonyl (C=O) groups is 2. The van der Waals surface area contributed by atoms with Crippen molar-refractivity contribution in [1.82, 2.24) is 0 Å². The van der Waals surface area contributed by atoms with Gasteiger partial charge < -0.3 is 0 Å². The van der Waals surface area contributed by atoms with Crippen LogP contribution in [0.3, 0.4) is 0 Å². The van der Waals surface area contributed by atoms with E-state index >= 15 is 0 Å². The molecule has 0 saturated heterocycles. The highest BCUT2D eigenvalue weighted by Crippen LogP contribution is 2.58. The first-order valence-electron chi connectivity index (χ1n) is 8.08. The maximum absolute atomic E-state index is 12.3. The standard InChI is InChI=1S/C18H22O2/c1-18-9-8-14-13-5-3-12(19)10-11(13)2-4-15(14)16(18)6-7-17(18)20/h10,15-16H,2-9H2,1H3/t15-,16+,18+/m1/s1. The van der Waals surface area contributed by atoms with Crippen LogP contribution in [0.5, 0.6) is 0 Å². The summed E-state index contributed by atoms with van der Waals surface area (Å²) >= 11 is 0. The fraction of sp³-hybridized carbons (Fsp3) is 0.667. The zero-order valence-electron chi connectivity index (χ0n) is 12.2. The number of carbonyl (C=O) groups excluding carboxylic acids is 2. The van der Waals surface area contributed by atoms with Gasteiger partial charge in [-0.15, -0.1) is 0 Å². The number of hydrogen-bond donors (Lipinski definition) is 0. The van der Waals surface area contributed by atoms with E-state index < -0.39 is 0 Å². The molecule has 2 nitrogen and oxygen atoms in total. The fourth-order valence-corrected chi connectivity index (χ4v) is 5.30. The lowest BCUT2D eigenvalue weighted by atomic mass is 9.57. The van der Waals surface area contributed by atoms with Gasteiger partial charge in [-0.2, -0.15) is 0 Å². The summed E-state index contributed by atoms with van der Waals surface area (Å²) in [5.41, 5.74) is 4.40. The summed E-state index contributed by atoms with van der Waals surface area (Å²) < 4.78 is 0. The molecule has 0 heterocycles. The summed E-state index contributed by atoms with van der Waals surface area (Å²) in [7, 11) is 0. The molecule has 0 aromatic rings. The lowest BCUT2D eigenvalue weighted by Crippen LogP contribution is -2.40. The van der Waals surface area contributed by atoms with Crippen LogP contribution in [-0.4, -0.2) is 11.6 Å². The van der Waals surface area contributed by atoms with Gasteiger partial charge in [0.1, 0.15) is 5.78 Å². The zero-order chi connectivity index (χ0) is 13.9. The van der Waals surface area contributed by atoms with Gasteiger partial charge in [0.15, 0.2) is 5.78 Å². The summed E-state index contributed by atoms with van der Waals surface area (Å²) in [6, 6.07) is 0. The van der Waals surface area contributed by atoms with Crippen LogP contribution < -0.4 is 0 Å². The third-order valence-electron chi connectivity index (χ3n) is 6.44. The van der Waals surface area contributed by atoms with Gasteiger partial charge >= 0.3 is 0 Å². The Hall–Kier alpha value is -1.18. The summed E-state index contributed by atoms with van der Waals surface area (Å²) in [5.74, 6) is 2.01. The third-order valence-corrected chi connectivity index (χ3v) is 6.44. The minimum absolute atomic E-state index is 0.0412. The van der Waals surface area contributed by atoms with Gasteiger partial charge in [0.25, 0.3) is 0 Å². The fourth-order valence-electron chi connectivity index (χ4n) is 5.30. The molecule has 20 heavy (non-hydrogen) atoms. The van der Waals surface area contributed by atoms with Crippen molar-refractivity contribution in [2.45, 2.75) is 58.3 Å². The highest BCUT2D eigenvalue weighted by atomic mass is 16.1. The molecule has 0 bridgehead atoms. The highest BCUT2D eigenvalue weighted by molar-refractivity contribution is 5.93. The van der Waals surface area contributed by atoms with Gasteiger partial charge in [-0.1, -0.05) is 12.5 Å². The average molecular weight is 270 g/mol. The molecule has 106 valence electrons. The van der Waals surface area contributed by atoms with Crippen molar-refractivity contribution in [3.8, 4) is 0 Å². The van der Waals surface area contributed by atoms with E-state index in [4.69, 9.17) is 0 Å². The number of Topliss-reactive ketones (excluding diaryl/α,β-unsaturated/α-hetero) is 1. The molecule has 0 aliphatic heterocycles. The number of rotatable bonds is 0. The SMILES string of the molecule is C[C@]12CCC3=C4CCC(=O)C=C4CC[C@H]3[C@@H]1CCC2=O. The second-order valence-corrected chi connectivity index (χ2v) is 7.27. The Morgan fingerprint density at radius 2 is 1.90 bits per heavy atom. The lowest BCUT2D eigenvalue weighted by Gasteiger charge is -2.46. The maximum Gasteiger partial charge on any atom is 0.156 e. The van der Waals surface area contributed by atoms with Gasteiger partial charge in [-0.25, -0.2) is 0 Å². The molecule has 0 N–H and O–H groups in total. The first-order chi connectivity index (χ1) is 9.59. The monoisotopic (exact) mass is 270 g/mol. The van der Waals surface area contributed by atoms with E-state index in [0.29, 0.717) is 29.8 Å². The van der Waals surface area contributed by atoms with Crippen LogP contribution in [0.25, 0.3) is 0 Å². The maximum atomic E-state index is 12.3. The average Bonchev–Trinajstić information content (AvgIpc) is 2.74. The van der Waals surface area contributed by atoms with Crippen molar-refractivity contribution < 1.29 is 9.59 Å². The molecule has 0 spiro atoms. The predicted molar refractivity (Wildman–Crippen MR) is 77.1 cm³/mol. The van der Waals surface area contributed by atoms with E-state index in [-0.39, 0.29) is 5.41 Å². The van der Waals surface area contributed by atoms with E-state index in [0.717, 1.165) is 44.9 Å². The van der Waals surface area contributed by atoms with Gasteiger partial charge in [0.2, 0.25) is 0 Å². The molecule has 0 aromatic heterocycles. The molecule has 4 rings (SSSR count). The quantitative estimate of drug-likeness (QED) is 0.671. The number of hydrogen-bond acceptors (Lipinski definition) is 2. The summed E-state index contributed by atoms with van der Waals surface area (Å²) in [6.45, 7) is 2.21. The van der Waals surface area contributed by atoms with Crippen LogP contribution in [0.1, 0.15) is 58.3 Å². The molecule has 3 atom stereocenters. The zero-order valence-corrected chi connectivity index (χ0v) is 12.2. The predicted octanol–water partition coefficient (Wildman–Crippen LogP) is 3.76. The lowest BCUT2D eigenvalue weighted by molar-refractivity contribution is -0.128. The van der Waals surface area contributed by atoms with Crippen LogP contribution in [0, 0.1) is 17.3 Å². The van der Waals surface area contributed by atoms with E-state index in [1.54, 1.807) is 5.57 Å². The summed E-state index contributed by atoms with van der Waals surface area (Å²) in [5, 5.41) is 0. The molecular formula is C18H22O2. The van der Waals surface area contributed by atoms with Crippen LogP contribution in [-0.2, 0) is 9.59 Å². The van der Waals surface area contributed by atoms with Gasteiger partial charge in [0.05, 0.1) is 0 Å². The van der Waals surface area contributed by atoms with Gasteiger partial charge in [-0.3, -0.25) is 9.59 Å². The summed E-state index contributed by atoms with van der Waals surface area (Å²) in [6.07, 6.45) is 9.76. The highest BCUT2D eigenvalue weighted by Gasteiger charge is 2.53. The van der Waals surface area contributed by atoms with Crippen molar-refractivity contribution in [2.24, 2.45) is 17.3 Å². The molecule has 0 radical (unpaired) electrons. The van der Waals surface area contributed by atoms with Crippen LogP contribution in [0.15, 0.2) is 22.8 Å². The Morgan fingerprint density at radius 3 is 2.75 bits per heavy atom. The molecule has 0 aromatic carbocycles. The normalized spacial score (nSPS) is 40.1. The molecular weight excluding hydrogens is 248 g/mol. The summed E-state index contributed by atoms with van der Waals surface area (Å²) in [4.78, 5) is 23.9. The molecule has 0 unspecified atom stereocenters. The van der Waals surface area contributed by atoms with Gasteiger partial charge in [0, 0.05) is 18.3 Å².